The Kier molecular flexibility index (Phi) is 6.16. The number of aromatic nitrogens is 2. The van der Waals surface area contributed by atoms with E-state index in [9.17, 15) is 9.90 Å². The van der Waals surface area contributed by atoms with Gasteiger partial charge in [0.25, 0.3) is 5.95 Å². The van der Waals surface area contributed by atoms with Gasteiger partial charge in [0.1, 0.15) is 11.5 Å². The van der Waals surface area contributed by atoms with Crippen LogP contribution in [0.4, 0.5) is 11.6 Å². The van der Waals surface area contributed by atoms with E-state index in [0.29, 0.717) is 21.5 Å². The van der Waals surface area contributed by atoms with Crippen molar-refractivity contribution in [3.63, 3.8) is 0 Å². The monoisotopic (exact) mass is 431 g/mol. The lowest BCUT2D eigenvalue weighted by Crippen LogP contribution is -2.22. The van der Waals surface area contributed by atoms with E-state index in [4.69, 9.17) is 33.7 Å². The fraction of sp³-hybridized carbons (Fsp3) is 0.0526. The van der Waals surface area contributed by atoms with E-state index in [1.165, 1.54) is 31.6 Å². The summed E-state index contributed by atoms with van der Waals surface area (Å²) >= 11 is 11.9. The van der Waals surface area contributed by atoms with Gasteiger partial charge >= 0.3 is 0 Å². The van der Waals surface area contributed by atoms with Crippen molar-refractivity contribution in [1.82, 2.24) is 9.97 Å². The average Bonchev–Trinajstić information content (AvgIpc) is 2.67. The second kappa shape index (κ2) is 8.76. The molecule has 0 aliphatic carbocycles. The molecule has 10 heteroatoms. The third-order valence-electron chi connectivity index (χ3n) is 3.70. The quantitative estimate of drug-likeness (QED) is 0.319. The molecule has 1 aromatic heterocycles. The van der Waals surface area contributed by atoms with Gasteiger partial charge in [-0.25, -0.2) is 9.97 Å². The predicted molar refractivity (Wildman–Crippen MR) is 111 cm³/mol. The molecule has 0 fully saturated rings. The molecule has 2 aromatic carbocycles. The maximum atomic E-state index is 12.6. The Balaban J connectivity index is 1.77. The summed E-state index contributed by atoms with van der Waals surface area (Å²) < 4.78 is 5.07. The summed E-state index contributed by atoms with van der Waals surface area (Å²) in [5.74, 6) is -0.154. The van der Waals surface area contributed by atoms with Crippen molar-refractivity contribution in [2.75, 3.05) is 12.4 Å². The number of hydrogen-bond acceptors (Lipinski definition) is 6. The van der Waals surface area contributed by atoms with E-state index in [-0.39, 0.29) is 28.8 Å². The van der Waals surface area contributed by atoms with Gasteiger partial charge in [-0.2, -0.15) is 4.99 Å². The van der Waals surface area contributed by atoms with Gasteiger partial charge in [0, 0.05) is 28.1 Å². The number of carbonyl (C=O) groups excluding carboxylic acids is 1. The first kappa shape index (κ1) is 20.4. The highest BCUT2D eigenvalue weighted by atomic mass is 35.5. The first-order valence-corrected chi connectivity index (χ1v) is 8.92. The Morgan fingerprint density at radius 3 is 2.41 bits per heavy atom. The molecule has 0 amide bonds. The van der Waals surface area contributed by atoms with Crippen molar-refractivity contribution >= 4 is 46.6 Å². The number of phenols is 1. The molecule has 0 atom stereocenters. The third kappa shape index (κ3) is 5.13. The number of aliphatic imine (C=N–C) groups is 1. The maximum Gasteiger partial charge on any atom is 0.252 e. The van der Waals surface area contributed by atoms with Crippen LogP contribution in [0.1, 0.15) is 15.9 Å². The van der Waals surface area contributed by atoms with E-state index in [2.05, 4.69) is 20.3 Å². The van der Waals surface area contributed by atoms with Crippen molar-refractivity contribution in [1.29, 1.82) is 0 Å². The van der Waals surface area contributed by atoms with Crippen LogP contribution in [0.15, 0.2) is 53.8 Å². The van der Waals surface area contributed by atoms with Crippen LogP contribution in [0.3, 0.4) is 0 Å². The normalized spacial score (nSPS) is 11.2. The molecule has 0 saturated carbocycles. The molecule has 3 aromatic rings. The minimum atomic E-state index is -0.461. The number of ether oxygens (including phenoxy) is 1. The minimum Gasteiger partial charge on any atom is -0.507 e. The molecule has 0 spiro atoms. The van der Waals surface area contributed by atoms with Crippen molar-refractivity contribution in [2.45, 2.75) is 0 Å². The van der Waals surface area contributed by atoms with E-state index in [1.807, 2.05) is 0 Å². The molecule has 0 unspecified atom stereocenters. The molecule has 0 aliphatic rings. The highest BCUT2D eigenvalue weighted by Crippen LogP contribution is 2.25. The number of methoxy groups -OCH3 is 1. The molecular formula is C19H15Cl2N5O3. The highest BCUT2D eigenvalue weighted by Gasteiger charge is 2.16. The zero-order valence-corrected chi connectivity index (χ0v) is 16.6. The van der Waals surface area contributed by atoms with Gasteiger partial charge < -0.3 is 20.9 Å². The van der Waals surface area contributed by atoms with Crippen molar-refractivity contribution in [3.05, 3.63) is 70.0 Å². The fourth-order valence-corrected chi connectivity index (χ4v) is 2.91. The minimum absolute atomic E-state index is 0.00727. The van der Waals surface area contributed by atoms with Crippen LogP contribution in [0.2, 0.25) is 10.0 Å². The van der Waals surface area contributed by atoms with Crippen LogP contribution in [-0.4, -0.2) is 33.9 Å². The molecular weight excluding hydrogens is 417 g/mol. The Hall–Kier alpha value is -3.36. The second-order valence-electron chi connectivity index (χ2n) is 5.76. The molecule has 8 nitrogen and oxygen atoms in total. The van der Waals surface area contributed by atoms with Gasteiger partial charge in [0.2, 0.25) is 5.96 Å². The van der Waals surface area contributed by atoms with Crippen LogP contribution in [-0.2, 0) is 0 Å². The van der Waals surface area contributed by atoms with Gasteiger partial charge in [0.05, 0.1) is 18.2 Å². The number of aromatic hydroxyl groups is 1. The third-order valence-corrected chi connectivity index (χ3v) is 4.14. The Bertz CT molecular complexity index is 1070. The smallest absolute Gasteiger partial charge is 0.252 e. The van der Waals surface area contributed by atoms with Crippen LogP contribution >= 0.6 is 23.2 Å². The van der Waals surface area contributed by atoms with Gasteiger partial charge in [0.15, 0.2) is 5.78 Å². The Morgan fingerprint density at radius 2 is 1.79 bits per heavy atom. The summed E-state index contributed by atoms with van der Waals surface area (Å²) in [7, 11) is 1.46. The lowest BCUT2D eigenvalue weighted by atomic mass is 10.0. The summed E-state index contributed by atoms with van der Waals surface area (Å²) in [6.07, 6.45) is 2.58. The summed E-state index contributed by atoms with van der Waals surface area (Å²) in [4.78, 5) is 24.6. The standard InChI is InChI=1S/C19H15Cl2N5O3/c1-29-14-2-3-16(27)15(7-14)17(28)10-8-23-19(24-9-10)26-18(22)25-13-5-11(20)4-12(21)6-13/h2-9,27H,1H3,(H3,22,23,24,25,26). The molecule has 0 saturated heterocycles. The lowest BCUT2D eigenvalue weighted by molar-refractivity contribution is 0.103. The van der Waals surface area contributed by atoms with E-state index >= 15 is 0 Å². The van der Waals surface area contributed by atoms with Crippen LogP contribution in [0.25, 0.3) is 0 Å². The number of benzene rings is 2. The molecule has 0 bridgehead atoms. The maximum absolute atomic E-state index is 12.6. The zero-order chi connectivity index (χ0) is 21.0. The molecule has 1 heterocycles. The van der Waals surface area contributed by atoms with Gasteiger partial charge in [-0.3, -0.25) is 4.79 Å². The number of nitrogens with two attached hydrogens (primary N) is 1. The summed E-state index contributed by atoms with van der Waals surface area (Å²) in [5.41, 5.74) is 6.62. The lowest BCUT2D eigenvalue weighted by Gasteiger charge is -2.07. The van der Waals surface area contributed by atoms with E-state index < -0.39 is 5.78 Å². The summed E-state index contributed by atoms with van der Waals surface area (Å²) in [6.45, 7) is 0. The van der Waals surface area contributed by atoms with Gasteiger partial charge in [-0.15, -0.1) is 0 Å². The number of carbonyl (C=O) groups is 1. The number of rotatable bonds is 5. The Labute approximate surface area is 176 Å². The number of ketones is 1. The largest absolute Gasteiger partial charge is 0.507 e. The molecule has 29 heavy (non-hydrogen) atoms. The number of hydrogen-bond donors (Lipinski definition) is 3. The topological polar surface area (TPSA) is 123 Å². The molecule has 148 valence electrons. The second-order valence-corrected chi connectivity index (χ2v) is 6.64. The molecule has 4 N–H and O–H groups in total. The number of guanidine groups is 1. The number of nitrogens with zero attached hydrogens (tertiary/aromatic N) is 3. The van der Waals surface area contributed by atoms with Crippen molar-refractivity contribution in [2.24, 2.45) is 10.7 Å². The highest BCUT2D eigenvalue weighted by molar-refractivity contribution is 6.35. The summed E-state index contributed by atoms with van der Waals surface area (Å²) in [5, 5.41) is 13.6. The molecule has 3 rings (SSSR count). The van der Waals surface area contributed by atoms with Crippen LogP contribution in [0.5, 0.6) is 11.5 Å². The summed E-state index contributed by atoms with van der Waals surface area (Å²) in [6, 6.07) is 9.18. The molecule has 0 aliphatic heterocycles. The SMILES string of the molecule is COc1ccc(O)c(C(=O)c2cnc(/N=C(\N)Nc3cc(Cl)cc(Cl)c3)nc2)c1. The average molecular weight is 432 g/mol. The first-order valence-electron chi connectivity index (χ1n) is 8.17. The Morgan fingerprint density at radius 1 is 1.14 bits per heavy atom. The zero-order valence-electron chi connectivity index (χ0n) is 15.1. The van der Waals surface area contributed by atoms with Crippen molar-refractivity contribution in [3.8, 4) is 11.5 Å². The van der Waals surface area contributed by atoms with Gasteiger partial charge in [-0.1, -0.05) is 23.2 Å². The van der Waals surface area contributed by atoms with Gasteiger partial charge in [-0.05, 0) is 36.4 Å². The number of halogens is 2. The van der Waals surface area contributed by atoms with E-state index in [0.717, 1.165) is 0 Å². The molecule has 0 radical (unpaired) electrons. The number of phenolic OH excluding ortho intramolecular Hbond substituents is 1. The number of nitrogens with one attached hydrogen (secondary N) is 1. The van der Waals surface area contributed by atoms with Crippen molar-refractivity contribution < 1.29 is 14.6 Å². The van der Waals surface area contributed by atoms with Crippen LogP contribution in [0, 0.1) is 0 Å². The fourth-order valence-electron chi connectivity index (χ4n) is 2.39. The first-order chi connectivity index (χ1) is 13.9. The number of anilines is 1. The van der Waals surface area contributed by atoms with Crippen LogP contribution < -0.4 is 15.8 Å². The van der Waals surface area contributed by atoms with E-state index in [1.54, 1.807) is 24.3 Å². The predicted octanol–water partition coefficient (Wildman–Crippen LogP) is 3.79.